The van der Waals surface area contributed by atoms with Gasteiger partial charge in [0.2, 0.25) is 0 Å². The van der Waals surface area contributed by atoms with Gasteiger partial charge in [0.1, 0.15) is 5.76 Å². The maximum absolute atomic E-state index is 9.10. The zero-order valence-electron chi connectivity index (χ0n) is 29.7. The fraction of sp³-hybridized carbons (Fsp3) is 0.778. The van der Waals surface area contributed by atoms with Crippen molar-refractivity contribution in [1.82, 2.24) is 9.80 Å². The molecule has 254 valence electrons. The molecule has 0 atom stereocenters. The molecule has 6 heteroatoms. The molecule has 1 fully saturated rings. The van der Waals surface area contributed by atoms with Crippen LogP contribution in [-0.4, -0.2) is 73.1 Å². The van der Waals surface area contributed by atoms with E-state index in [2.05, 4.69) is 57.1 Å². The summed E-state index contributed by atoms with van der Waals surface area (Å²) >= 11 is 0. The smallest absolute Gasteiger partial charge is 0.172 e. The predicted octanol–water partition coefficient (Wildman–Crippen LogP) is 9.36. The number of rotatable bonds is 9. The molecule has 0 spiro atoms. The molecule has 2 N–H and O–H groups in total. The molecule has 1 saturated heterocycles. The average Bonchev–Trinajstić information content (AvgIpc) is 3.45. The second-order valence-corrected chi connectivity index (χ2v) is 8.89. The highest BCUT2D eigenvalue weighted by Crippen LogP contribution is 2.41. The third kappa shape index (κ3) is 22.9. The van der Waals surface area contributed by atoms with Crippen LogP contribution in [0.2, 0.25) is 0 Å². The SMILES string of the molecule is C.C=C1Cc2c(CN(CC)CC)ccc(OC)c2O1.CC.CC.CC.CCCCCC.CCN1CCC(O)CC1.CO. The first kappa shape index (κ1) is 50.0. The Morgan fingerprint density at radius 1 is 0.905 bits per heavy atom. The van der Waals surface area contributed by atoms with E-state index in [0.29, 0.717) is 0 Å². The largest absolute Gasteiger partial charge is 0.493 e. The van der Waals surface area contributed by atoms with E-state index in [9.17, 15) is 0 Å². The first-order valence-corrected chi connectivity index (χ1v) is 16.6. The van der Waals surface area contributed by atoms with Gasteiger partial charge in [-0.3, -0.25) is 4.90 Å². The van der Waals surface area contributed by atoms with Crippen molar-refractivity contribution in [2.75, 3.05) is 46.9 Å². The zero-order valence-corrected chi connectivity index (χ0v) is 29.7. The van der Waals surface area contributed by atoms with Crippen molar-refractivity contribution < 1.29 is 19.7 Å². The summed E-state index contributed by atoms with van der Waals surface area (Å²) in [5, 5.41) is 16.1. The summed E-state index contributed by atoms with van der Waals surface area (Å²) in [7, 11) is 2.67. The molecular weight excluding hydrogens is 524 g/mol. The first-order chi connectivity index (χ1) is 19.9. The summed E-state index contributed by atoms with van der Waals surface area (Å²) in [6, 6.07) is 4.12. The van der Waals surface area contributed by atoms with Gasteiger partial charge in [-0.1, -0.05) is 122 Å². The van der Waals surface area contributed by atoms with Crippen LogP contribution in [0.25, 0.3) is 0 Å². The summed E-state index contributed by atoms with van der Waals surface area (Å²) in [6.45, 7) is 33.3. The number of methoxy groups -OCH3 is 1. The van der Waals surface area contributed by atoms with Gasteiger partial charge in [0.05, 0.1) is 13.2 Å². The topological polar surface area (TPSA) is 65.4 Å². The molecule has 0 radical (unpaired) electrons. The molecule has 0 bridgehead atoms. The normalized spacial score (nSPS) is 13.0. The maximum atomic E-state index is 9.10. The van der Waals surface area contributed by atoms with Crippen LogP contribution in [0.3, 0.4) is 0 Å². The molecular formula is C36H76N2O4. The lowest BCUT2D eigenvalue weighted by Gasteiger charge is -2.27. The highest BCUT2D eigenvalue weighted by molar-refractivity contribution is 5.55. The van der Waals surface area contributed by atoms with Crippen LogP contribution in [0.5, 0.6) is 11.5 Å². The summed E-state index contributed by atoms with van der Waals surface area (Å²) in [5.41, 5.74) is 2.54. The quantitative estimate of drug-likeness (QED) is 0.275. The average molecular weight is 601 g/mol. The van der Waals surface area contributed by atoms with Crippen LogP contribution in [0.1, 0.15) is 133 Å². The third-order valence-electron chi connectivity index (χ3n) is 6.41. The van der Waals surface area contributed by atoms with Gasteiger partial charge in [0, 0.05) is 38.7 Å². The molecule has 0 aromatic heterocycles. The molecule has 2 aliphatic heterocycles. The number of ether oxygens (including phenoxy) is 2. The molecule has 42 heavy (non-hydrogen) atoms. The molecule has 2 heterocycles. The number of benzene rings is 1. The van der Waals surface area contributed by atoms with Crippen LogP contribution in [-0.2, 0) is 13.0 Å². The minimum absolute atomic E-state index is 0. The van der Waals surface area contributed by atoms with Gasteiger partial charge in [0.25, 0.3) is 0 Å². The second kappa shape index (κ2) is 37.4. The monoisotopic (exact) mass is 601 g/mol. The highest BCUT2D eigenvalue weighted by atomic mass is 16.5. The lowest BCUT2D eigenvalue weighted by atomic mass is 10.0. The number of unbranched alkanes of at least 4 members (excludes halogenated alkanes) is 3. The molecule has 0 saturated carbocycles. The lowest BCUT2D eigenvalue weighted by molar-refractivity contribution is 0.0852. The van der Waals surface area contributed by atoms with Crippen LogP contribution < -0.4 is 9.47 Å². The molecule has 3 rings (SSSR count). The third-order valence-corrected chi connectivity index (χ3v) is 6.41. The van der Waals surface area contributed by atoms with Gasteiger partial charge < -0.3 is 24.6 Å². The van der Waals surface area contributed by atoms with Crippen molar-refractivity contribution in [1.29, 1.82) is 0 Å². The Morgan fingerprint density at radius 2 is 1.38 bits per heavy atom. The van der Waals surface area contributed by atoms with Crippen molar-refractivity contribution in [2.24, 2.45) is 0 Å². The predicted molar refractivity (Wildman–Crippen MR) is 189 cm³/mol. The van der Waals surface area contributed by atoms with Crippen LogP contribution in [0.4, 0.5) is 0 Å². The number of hydrogen-bond donors (Lipinski definition) is 2. The Hall–Kier alpha value is -1.60. The fourth-order valence-electron chi connectivity index (χ4n) is 4.06. The van der Waals surface area contributed by atoms with E-state index in [0.717, 1.165) is 82.9 Å². The molecule has 6 nitrogen and oxygen atoms in total. The number of fused-ring (bicyclic) bond motifs is 1. The van der Waals surface area contributed by atoms with Gasteiger partial charge in [-0.2, -0.15) is 0 Å². The zero-order chi connectivity index (χ0) is 32.6. The Labute approximate surface area is 264 Å². The Morgan fingerprint density at radius 3 is 1.76 bits per heavy atom. The van der Waals surface area contributed by atoms with E-state index < -0.39 is 0 Å². The van der Waals surface area contributed by atoms with Crippen molar-refractivity contribution in [3.05, 3.63) is 35.6 Å². The number of piperidine rings is 1. The summed E-state index contributed by atoms with van der Waals surface area (Å²) in [5.74, 6) is 2.45. The molecule has 0 amide bonds. The van der Waals surface area contributed by atoms with Crippen LogP contribution in [0.15, 0.2) is 24.5 Å². The number of likely N-dealkylation sites (tertiary alicyclic amines) is 1. The minimum atomic E-state index is -0.0206. The van der Waals surface area contributed by atoms with E-state index in [4.69, 9.17) is 19.7 Å². The summed E-state index contributed by atoms with van der Waals surface area (Å²) < 4.78 is 11.0. The lowest BCUT2D eigenvalue weighted by Crippen LogP contribution is -2.35. The van der Waals surface area contributed by atoms with Gasteiger partial charge in [0.15, 0.2) is 11.5 Å². The number of aliphatic hydroxyl groups is 2. The van der Waals surface area contributed by atoms with E-state index in [1.54, 1.807) is 7.11 Å². The van der Waals surface area contributed by atoms with E-state index in [1.807, 2.05) is 47.6 Å². The minimum Gasteiger partial charge on any atom is -0.493 e. The number of hydrogen-bond acceptors (Lipinski definition) is 6. The standard InChI is InChI=1S/C15H21NO2.C7H15NO.C6H14.3C2H6.CH4O.CH4/c1-5-16(6-2)10-12-7-8-14(17-4)15-13(12)9-11(3)18-15;1-2-8-5-3-7(9)4-6-8;1-3-5-6-4-2;4*1-2;/h7-8H,3,5-6,9-10H2,1-2,4H3;7,9H,2-6H2,1H3;3-6H2,1-2H3;3*1-2H3;2H,1H3;1H4. The molecule has 0 unspecified atom stereocenters. The fourth-order valence-corrected chi connectivity index (χ4v) is 4.06. The van der Waals surface area contributed by atoms with Gasteiger partial charge >= 0.3 is 0 Å². The van der Waals surface area contributed by atoms with Crippen LogP contribution in [0, 0.1) is 0 Å². The Kier molecular flexibility index (Phi) is 44.6. The van der Waals surface area contributed by atoms with E-state index in [1.165, 1.54) is 36.8 Å². The second-order valence-electron chi connectivity index (χ2n) is 8.89. The highest BCUT2D eigenvalue weighted by Gasteiger charge is 2.24. The first-order valence-electron chi connectivity index (χ1n) is 16.6. The Balaban J connectivity index is -0.000000161. The van der Waals surface area contributed by atoms with Crippen molar-refractivity contribution >= 4 is 0 Å². The molecule has 2 aliphatic rings. The van der Waals surface area contributed by atoms with Crippen molar-refractivity contribution in [3.63, 3.8) is 0 Å². The van der Waals surface area contributed by atoms with Gasteiger partial charge in [-0.05, 0) is 44.1 Å². The molecule has 1 aromatic rings. The van der Waals surface area contributed by atoms with Crippen molar-refractivity contribution in [2.45, 2.75) is 141 Å². The molecule has 1 aromatic carbocycles. The summed E-state index contributed by atoms with van der Waals surface area (Å²) in [6.07, 6.45) is 8.24. The maximum Gasteiger partial charge on any atom is 0.172 e. The van der Waals surface area contributed by atoms with Crippen molar-refractivity contribution in [3.8, 4) is 11.5 Å². The Bertz CT molecular complexity index is 667. The van der Waals surface area contributed by atoms with Gasteiger partial charge in [-0.15, -0.1) is 0 Å². The van der Waals surface area contributed by atoms with Gasteiger partial charge in [-0.25, -0.2) is 0 Å². The summed E-state index contributed by atoms with van der Waals surface area (Å²) in [4.78, 5) is 4.76. The van der Waals surface area contributed by atoms with E-state index in [-0.39, 0.29) is 13.5 Å². The number of aliphatic hydroxyl groups excluding tert-OH is 2. The van der Waals surface area contributed by atoms with E-state index >= 15 is 0 Å². The molecule has 0 aliphatic carbocycles. The number of allylic oxidation sites excluding steroid dienone is 1. The van der Waals surface area contributed by atoms with Crippen LogP contribution >= 0.6 is 0 Å². The number of nitrogens with zero attached hydrogens (tertiary/aromatic N) is 2.